The average molecular weight is 505 g/mol. The topological polar surface area (TPSA) is 120 Å². The number of rotatable bonds is 5. The van der Waals surface area contributed by atoms with Crippen LogP contribution in [0.5, 0.6) is 11.5 Å². The van der Waals surface area contributed by atoms with Gasteiger partial charge in [0.2, 0.25) is 15.9 Å². The Morgan fingerprint density at radius 2 is 1.88 bits per heavy atom. The zero-order chi connectivity index (χ0) is 23.9. The number of thiophene rings is 1. The van der Waals surface area contributed by atoms with E-state index in [0.29, 0.717) is 53.2 Å². The molecule has 2 aliphatic rings. The van der Waals surface area contributed by atoms with Crippen molar-refractivity contribution in [2.24, 2.45) is 0 Å². The number of amides is 1. The van der Waals surface area contributed by atoms with Crippen molar-refractivity contribution in [2.45, 2.75) is 37.6 Å². The summed E-state index contributed by atoms with van der Waals surface area (Å²) in [6, 6.07) is 5.04. The molecule has 5 rings (SSSR count). The Kier molecular flexibility index (Phi) is 6.04. The number of nitrogens with zero attached hydrogens (tertiary/aromatic N) is 3. The molecule has 0 saturated carbocycles. The molecule has 1 N–H and O–H groups in total. The third-order valence-corrected chi connectivity index (χ3v) is 9.07. The molecule has 12 heteroatoms. The molecule has 1 aromatic carbocycles. The molecule has 0 radical (unpaired) electrons. The van der Waals surface area contributed by atoms with Crippen molar-refractivity contribution in [1.29, 1.82) is 0 Å². The summed E-state index contributed by atoms with van der Waals surface area (Å²) in [5, 5.41) is 2.78. The zero-order valence-corrected chi connectivity index (χ0v) is 20.2. The fourth-order valence-electron chi connectivity index (χ4n) is 4.25. The van der Waals surface area contributed by atoms with Crippen LogP contribution in [-0.4, -0.2) is 54.5 Å². The summed E-state index contributed by atoms with van der Waals surface area (Å²) in [4.78, 5) is 31.1. The lowest BCUT2D eigenvalue weighted by Gasteiger charge is -2.25. The van der Waals surface area contributed by atoms with E-state index >= 15 is 0 Å². The van der Waals surface area contributed by atoms with Crippen molar-refractivity contribution in [3.63, 3.8) is 0 Å². The van der Waals surface area contributed by atoms with Gasteiger partial charge in [-0.3, -0.25) is 14.2 Å². The summed E-state index contributed by atoms with van der Waals surface area (Å²) >= 11 is 1.17. The van der Waals surface area contributed by atoms with Crippen LogP contribution in [0.1, 0.15) is 24.1 Å². The number of piperidine rings is 1. The van der Waals surface area contributed by atoms with Crippen molar-refractivity contribution in [1.82, 2.24) is 13.9 Å². The maximum atomic E-state index is 13.4. The van der Waals surface area contributed by atoms with Gasteiger partial charge in [-0.25, -0.2) is 13.4 Å². The number of sulfonamides is 1. The van der Waals surface area contributed by atoms with E-state index in [-0.39, 0.29) is 16.8 Å². The molecule has 0 atom stereocenters. The summed E-state index contributed by atoms with van der Waals surface area (Å²) in [5.41, 5.74) is -0.0571. The van der Waals surface area contributed by atoms with E-state index in [1.165, 1.54) is 22.0 Å². The summed E-state index contributed by atoms with van der Waals surface area (Å²) in [5.74, 6) is 0.684. The van der Waals surface area contributed by atoms with Crippen LogP contribution in [0.3, 0.4) is 0 Å². The van der Waals surface area contributed by atoms with E-state index in [9.17, 15) is 18.0 Å². The predicted molar refractivity (Wildman–Crippen MR) is 127 cm³/mol. The van der Waals surface area contributed by atoms with E-state index in [1.807, 2.05) is 0 Å². The highest BCUT2D eigenvalue weighted by molar-refractivity contribution is 7.89. The van der Waals surface area contributed by atoms with Crippen molar-refractivity contribution in [3.05, 3.63) is 39.8 Å². The van der Waals surface area contributed by atoms with Crippen LogP contribution in [0.2, 0.25) is 0 Å². The predicted octanol–water partition coefficient (Wildman–Crippen LogP) is 2.35. The van der Waals surface area contributed by atoms with Crippen LogP contribution in [0.25, 0.3) is 10.2 Å². The molecule has 3 aromatic rings. The molecule has 2 aliphatic heterocycles. The van der Waals surface area contributed by atoms with Crippen molar-refractivity contribution >= 4 is 43.2 Å². The van der Waals surface area contributed by atoms with E-state index in [4.69, 9.17) is 9.47 Å². The Labute approximate surface area is 200 Å². The number of fused-ring (bicyclic) bond motifs is 2. The zero-order valence-electron chi connectivity index (χ0n) is 18.6. The molecule has 10 nitrogen and oxygen atoms in total. The number of carbonyl (C=O) groups excluding carboxylic acids is 1. The normalized spacial score (nSPS) is 16.5. The number of carbonyl (C=O) groups is 1. The Balaban J connectivity index is 1.43. The van der Waals surface area contributed by atoms with Gasteiger partial charge in [-0.2, -0.15) is 4.31 Å². The van der Waals surface area contributed by atoms with Gasteiger partial charge in [-0.05, 0) is 31.9 Å². The largest absolute Gasteiger partial charge is 0.486 e. The van der Waals surface area contributed by atoms with Crippen LogP contribution in [0.4, 0.5) is 5.69 Å². The molecule has 4 heterocycles. The fourth-order valence-corrected chi connectivity index (χ4v) is 7.43. The van der Waals surface area contributed by atoms with Crippen molar-refractivity contribution in [2.75, 3.05) is 31.6 Å². The van der Waals surface area contributed by atoms with Gasteiger partial charge in [-0.1, -0.05) is 6.42 Å². The second-order valence-corrected chi connectivity index (χ2v) is 11.3. The van der Waals surface area contributed by atoms with Gasteiger partial charge in [0.15, 0.2) is 11.5 Å². The highest BCUT2D eigenvalue weighted by Gasteiger charge is 2.32. The minimum absolute atomic E-state index is 0.00786. The standard InChI is InChI=1S/C22H24N4O6S2/c1-14-20(34(29,30)26-7-3-2-4-8-26)19-21(33-14)23-13-25(22(19)28)12-18(27)24-15-5-6-16-17(11-15)32-10-9-31-16/h5-6,11,13H,2-4,7-10,12H2,1H3,(H,24,27). The third-order valence-electron chi connectivity index (χ3n) is 5.85. The van der Waals surface area contributed by atoms with Crippen molar-refractivity contribution < 1.29 is 22.7 Å². The maximum Gasteiger partial charge on any atom is 0.263 e. The van der Waals surface area contributed by atoms with Crippen molar-refractivity contribution in [3.8, 4) is 11.5 Å². The monoisotopic (exact) mass is 504 g/mol. The first-order valence-electron chi connectivity index (χ1n) is 11.0. The van der Waals surface area contributed by atoms with E-state index in [2.05, 4.69) is 10.3 Å². The Morgan fingerprint density at radius 3 is 2.65 bits per heavy atom. The van der Waals surface area contributed by atoms with E-state index in [0.717, 1.165) is 23.8 Å². The number of aryl methyl sites for hydroxylation is 1. The summed E-state index contributed by atoms with van der Waals surface area (Å²) < 4.78 is 40.3. The smallest absolute Gasteiger partial charge is 0.263 e. The average Bonchev–Trinajstić information content (AvgIpc) is 3.19. The number of hydrogen-bond donors (Lipinski definition) is 1. The van der Waals surface area contributed by atoms with Gasteiger partial charge in [0, 0.05) is 29.7 Å². The highest BCUT2D eigenvalue weighted by Crippen LogP contribution is 2.34. The number of nitrogens with one attached hydrogen (secondary N) is 1. The summed E-state index contributed by atoms with van der Waals surface area (Å²) in [7, 11) is -3.84. The quantitative estimate of drug-likeness (QED) is 0.566. The minimum atomic E-state index is -3.84. The summed E-state index contributed by atoms with van der Waals surface area (Å²) in [6.07, 6.45) is 3.86. The second-order valence-electron chi connectivity index (χ2n) is 8.22. The molecule has 1 saturated heterocycles. The molecule has 0 unspecified atom stereocenters. The molecule has 0 aliphatic carbocycles. The molecule has 1 amide bonds. The molecule has 2 aromatic heterocycles. The maximum absolute atomic E-state index is 13.4. The minimum Gasteiger partial charge on any atom is -0.486 e. The first kappa shape index (κ1) is 22.8. The van der Waals surface area contributed by atoms with E-state index < -0.39 is 21.5 Å². The molecule has 1 fully saturated rings. The summed E-state index contributed by atoms with van der Waals surface area (Å²) in [6.45, 7) is 3.13. The van der Waals surface area contributed by atoms with E-state index in [1.54, 1.807) is 25.1 Å². The van der Waals surface area contributed by atoms with Gasteiger partial charge in [0.25, 0.3) is 5.56 Å². The second kappa shape index (κ2) is 9.01. The lowest BCUT2D eigenvalue weighted by molar-refractivity contribution is -0.116. The number of aromatic nitrogens is 2. The van der Waals surface area contributed by atoms with Crippen LogP contribution in [-0.2, 0) is 21.4 Å². The molecule has 180 valence electrons. The fraction of sp³-hybridized carbons (Fsp3) is 0.409. The van der Waals surface area contributed by atoms with Crippen LogP contribution < -0.4 is 20.3 Å². The number of benzene rings is 1. The van der Waals surface area contributed by atoms with Gasteiger partial charge in [0.05, 0.1) is 11.7 Å². The van der Waals surface area contributed by atoms with Crippen LogP contribution in [0, 0.1) is 6.92 Å². The van der Waals surface area contributed by atoms with Gasteiger partial charge in [0.1, 0.15) is 29.5 Å². The lowest BCUT2D eigenvalue weighted by Crippen LogP contribution is -2.36. The molecule has 0 bridgehead atoms. The number of hydrogen-bond acceptors (Lipinski definition) is 8. The van der Waals surface area contributed by atoms with Gasteiger partial charge in [-0.15, -0.1) is 11.3 Å². The first-order chi connectivity index (χ1) is 16.3. The first-order valence-corrected chi connectivity index (χ1v) is 13.3. The van der Waals surface area contributed by atoms with Crippen LogP contribution in [0.15, 0.2) is 34.2 Å². The number of anilines is 1. The molecule has 0 spiro atoms. The SMILES string of the molecule is Cc1sc2ncn(CC(=O)Nc3ccc4c(c3)OCCO4)c(=O)c2c1S(=O)(=O)N1CCCCC1. The Hall–Kier alpha value is -2.96. The van der Waals surface area contributed by atoms with Gasteiger partial charge < -0.3 is 14.8 Å². The lowest BCUT2D eigenvalue weighted by atomic mass is 10.2. The van der Waals surface area contributed by atoms with Crippen LogP contribution >= 0.6 is 11.3 Å². The molecular formula is C22H24N4O6S2. The molecule has 34 heavy (non-hydrogen) atoms. The van der Waals surface area contributed by atoms with Gasteiger partial charge >= 0.3 is 0 Å². The Bertz CT molecular complexity index is 1420. The third kappa shape index (κ3) is 4.17. The Morgan fingerprint density at radius 1 is 1.15 bits per heavy atom. The number of ether oxygens (including phenoxy) is 2. The highest BCUT2D eigenvalue weighted by atomic mass is 32.2. The molecular weight excluding hydrogens is 480 g/mol.